The highest BCUT2D eigenvalue weighted by molar-refractivity contribution is 6.35. The van der Waals surface area contributed by atoms with Crippen molar-refractivity contribution in [3.05, 3.63) is 16.8 Å². The second-order valence-corrected chi connectivity index (χ2v) is 6.46. The number of halogens is 2. The van der Waals surface area contributed by atoms with E-state index in [1.54, 1.807) is 0 Å². The average Bonchev–Trinajstić information content (AvgIpc) is 3.33. The van der Waals surface area contributed by atoms with E-state index in [0.717, 1.165) is 0 Å². The molecule has 0 radical (unpaired) electrons. The van der Waals surface area contributed by atoms with Crippen molar-refractivity contribution in [3.63, 3.8) is 0 Å². The van der Waals surface area contributed by atoms with Crippen LogP contribution in [0, 0.1) is 0 Å². The van der Waals surface area contributed by atoms with Crippen molar-refractivity contribution in [2.24, 2.45) is 0 Å². The van der Waals surface area contributed by atoms with Crippen LogP contribution < -0.4 is 0 Å². The van der Waals surface area contributed by atoms with Gasteiger partial charge in [-0.05, 0) is 11.6 Å². The Labute approximate surface area is 178 Å². The third-order valence-corrected chi connectivity index (χ3v) is 4.29. The first-order valence-corrected chi connectivity index (χ1v) is 8.68. The van der Waals surface area contributed by atoms with Crippen molar-refractivity contribution in [1.82, 2.24) is 19.5 Å². The van der Waals surface area contributed by atoms with Gasteiger partial charge >= 0.3 is 17.9 Å². The lowest BCUT2D eigenvalue weighted by molar-refractivity contribution is -0.166. The number of carbonyl (C=O) groups excluding carboxylic acids is 3. The number of imidazole rings is 1. The van der Waals surface area contributed by atoms with Gasteiger partial charge in [0.05, 0.1) is 6.33 Å². The first kappa shape index (κ1) is 17.4. The largest absolute Gasteiger partial charge is 0.463 e. The second-order valence-electron chi connectivity index (χ2n) is 5.76. The Hall–Kier alpha value is -2.50. The standard InChI is InChI=1S/C16H16Cl2N4O7/c1-6(23)26-4-9-11(27-7(2)24)12(28-8(3)25)15(29-9)22-5-19-10-13(17)20-16(18)21-14(10)22/h5,9,11-12,15H,4H2,1-3H3/t9-,11-,12-,15?/m1/s1/i1D,2D,3D. The molecule has 1 aliphatic heterocycles. The van der Waals surface area contributed by atoms with Crippen LogP contribution in [0.2, 0.25) is 10.4 Å². The lowest BCUT2D eigenvalue weighted by atomic mass is 10.1. The van der Waals surface area contributed by atoms with Crippen molar-refractivity contribution in [2.75, 3.05) is 6.61 Å². The Morgan fingerprint density at radius 2 is 1.83 bits per heavy atom. The average molecular weight is 450 g/mol. The maximum atomic E-state index is 11.9. The highest BCUT2D eigenvalue weighted by Crippen LogP contribution is 2.36. The number of esters is 3. The number of hydrogen-bond donors (Lipinski definition) is 0. The van der Waals surface area contributed by atoms with Gasteiger partial charge in [0.15, 0.2) is 29.2 Å². The zero-order chi connectivity index (χ0) is 23.4. The normalized spacial score (nSPS) is 25.1. The summed E-state index contributed by atoms with van der Waals surface area (Å²) in [4.78, 5) is 47.2. The summed E-state index contributed by atoms with van der Waals surface area (Å²) in [7, 11) is 0. The van der Waals surface area contributed by atoms with Gasteiger partial charge in [-0.15, -0.1) is 0 Å². The number of carbonyl (C=O) groups is 3. The Bertz CT molecular complexity index is 1030. The molecule has 1 aliphatic rings. The molecule has 29 heavy (non-hydrogen) atoms. The minimum absolute atomic E-state index is 0.0467. The lowest BCUT2D eigenvalue weighted by Gasteiger charge is -2.23. The summed E-state index contributed by atoms with van der Waals surface area (Å²) in [6.45, 7) is -2.55. The summed E-state index contributed by atoms with van der Waals surface area (Å²) in [6.07, 6.45) is -3.72. The van der Waals surface area contributed by atoms with Gasteiger partial charge in [0, 0.05) is 24.8 Å². The molecule has 0 aliphatic carbocycles. The van der Waals surface area contributed by atoms with Gasteiger partial charge in [0.1, 0.15) is 18.2 Å². The molecular weight excluding hydrogens is 431 g/mol. The topological polar surface area (TPSA) is 132 Å². The molecule has 2 aromatic heterocycles. The zero-order valence-corrected chi connectivity index (χ0v) is 16.1. The van der Waals surface area contributed by atoms with Gasteiger partial charge < -0.3 is 18.9 Å². The maximum absolute atomic E-state index is 11.9. The molecule has 1 fully saturated rings. The molecule has 4 atom stereocenters. The zero-order valence-electron chi connectivity index (χ0n) is 17.6. The van der Waals surface area contributed by atoms with E-state index in [-0.39, 0.29) is 21.6 Å². The molecule has 1 saturated heterocycles. The fourth-order valence-electron chi connectivity index (χ4n) is 2.86. The molecule has 2 aromatic rings. The van der Waals surface area contributed by atoms with Crippen molar-refractivity contribution in [2.45, 2.75) is 45.2 Å². The maximum Gasteiger partial charge on any atom is 0.303 e. The molecule has 0 aromatic carbocycles. The van der Waals surface area contributed by atoms with E-state index in [2.05, 4.69) is 15.0 Å². The second kappa shape index (κ2) is 8.47. The number of hydrogen-bond acceptors (Lipinski definition) is 10. The SMILES string of the molecule is [2H]CC(=O)OC[C@H]1OC(n2cnc3c(Cl)nc(Cl)nc32)[C@H](OC(=O)C[2H])[C@@H]1OC(=O)C[2H]. The van der Waals surface area contributed by atoms with E-state index in [0.29, 0.717) is 0 Å². The predicted molar refractivity (Wildman–Crippen MR) is 97.0 cm³/mol. The van der Waals surface area contributed by atoms with Crippen LogP contribution in [0.4, 0.5) is 0 Å². The van der Waals surface area contributed by atoms with Crippen molar-refractivity contribution in [1.29, 1.82) is 0 Å². The number of fused-ring (bicyclic) bond motifs is 1. The highest BCUT2D eigenvalue weighted by Gasteiger charge is 2.51. The number of ether oxygens (including phenoxy) is 4. The third kappa shape index (κ3) is 4.57. The van der Waals surface area contributed by atoms with E-state index in [1.165, 1.54) is 10.9 Å². The monoisotopic (exact) mass is 449 g/mol. The summed E-state index contributed by atoms with van der Waals surface area (Å²) in [6, 6.07) is 0. The number of aromatic nitrogens is 4. The first-order chi connectivity index (χ1) is 15.3. The predicted octanol–water partition coefficient (Wildman–Crippen LogP) is 1.46. The molecular formula is C16H16Cl2N4O7. The quantitative estimate of drug-likeness (QED) is 0.285. The molecule has 3 rings (SSSR count). The van der Waals surface area contributed by atoms with Gasteiger partial charge in [0.2, 0.25) is 5.28 Å². The fourth-order valence-corrected chi connectivity index (χ4v) is 3.28. The molecule has 11 nitrogen and oxygen atoms in total. The Morgan fingerprint density at radius 3 is 2.52 bits per heavy atom. The minimum atomic E-state index is -1.33. The van der Waals surface area contributed by atoms with Crippen molar-refractivity contribution < 1.29 is 37.4 Å². The van der Waals surface area contributed by atoms with Crippen molar-refractivity contribution >= 4 is 52.3 Å². The van der Waals surface area contributed by atoms with Crippen LogP contribution in [0.1, 0.15) is 31.0 Å². The van der Waals surface area contributed by atoms with Crippen molar-refractivity contribution in [3.8, 4) is 0 Å². The lowest BCUT2D eigenvalue weighted by Crippen LogP contribution is -2.40. The van der Waals surface area contributed by atoms with Crippen LogP contribution in [0.5, 0.6) is 0 Å². The molecule has 0 bridgehead atoms. The van der Waals surface area contributed by atoms with Gasteiger partial charge in [-0.1, -0.05) is 11.6 Å². The van der Waals surface area contributed by atoms with E-state index in [4.69, 9.17) is 46.3 Å². The Kier molecular flexibility index (Phi) is 5.07. The molecule has 0 N–H and O–H groups in total. The molecule has 1 unspecified atom stereocenters. The molecule has 3 heterocycles. The molecule has 156 valence electrons. The fraction of sp³-hybridized carbons (Fsp3) is 0.500. The van der Waals surface area contributed by atoms with E-state index >= 15 is 0 Å². The smallest absolute Gasteiger partial charge is 0.303 e. The van der Waals surface area contributed by atoms with Crippen LogP contribution in [0.25, 0.3) is 11.2 Å². The van der Waals surface area contributed by atoms with E-state index < -0.39 is 69.8 Å². The van der Waals surface area contributed by atoms with Crippen LogP contribution in [0.3, 0.4) is 0 Å². The molecule has 0 amide bonds. The molecule has 13 heteroatoms. The summed E-state index contributed by atoms with van der Waals surface area (Å²) >= 11 is 11.9. The van der Waals surface area contributed by atoms with Crippen LogP contribution in [-0.2, 0) is 33.3 Å². The van der Waals surface area contributed by atoms with Crippen LogP contribution >= 0.6 is 23.2 Å². The summed E-state index contributed by atoms with van der Waals surface area (Å²) in [5.41, 5.74) is 0.273. The Balaban J connectivity index is 2.03. The van der Waals surface area contributed by atoms with Crippen LogP contribution in [-0.4, -0.2) is 62.3 Å². The van der Waals surface area contributed by atoms with E-state index in [9.17, 15) is 14.4 Å². The minimum Gasteiger partial charge on any atom is -0.463 e. The summed E-state index contributed by atoms with van der Waals surface area (Å²) in [5, 5.41) is -0.241. The summed E-state index contributed by atoms with van der Waals surface area (Å²) in [5.74, 6) is -2.76. The third-order valence-electron chi connectivity index (χ3n) is 3.85. The number of rotatable bonds is 5. The van der Waals surface area contributed by atoms with Gasteiger partial charge in [-0.2, -0.15) is 4.98 Å². The number of nitrogens with zero attached hydrogens (tertiary/aromatic N) is 4. The van der Waals surface area contributed by atoms with Gasteiger partial charge in [-0.3, -0.25) is 19.0 Å². The first-order valence-electron chi connectivity index (χ1n) is 10.0. The summed E-state index contributed by atoms with van der Waals surface area (Å²) < 4.78 is 44.1. The van der Waals surface area contributed by atoms with Gasteiger partial charge in [-0.25, -0.2) is 9.97 Å². The highest BCUT2D eigenvalue weighted by atomic mass is 35.5. The van der Waals surface area contributed by atoms with Crippen LogP contribution in [0.15, 0.2) is 6.33 Å². The molecule has 0 spiro atoms. The Morgan fingerprint density at radius 1 is 1.14 bits per heavy atom. The van der Waals surface area contributed by atoms with Gasteiger partial charge in [0.25, 0.3) is 0 Å². The molecule has 0 saturated carbocycles. The van der Waals surface area contributed by atoms with E-state index in [1.807, 2.05) is 0 Å².